The van der Waals surface area contributed by atoms with Crippen LogP contribution in [0.15, 0.2) is 60.7 Å². The minimum atomic E-state index is -0.319. The highest BCUT2D eigenvalue weighted by molar-refractivity contribution is 5.87. The summed E-state index contributed by atoms with van der Waals surface area (Å²) in [4.78, 5) is 14.7. The zero-order valence-corrected chi connectivity index (χ0v) is 20.5. The Balaban J connectivity index is 2.31. The molecule has 0 fully saturated rings. The summed E-state index contributed by atoms with van der Waals surface area (Å²) in [7, 11) is 0. The van der Waals surface area contributed by atoms with Gasteiger partial charge < -0.3 is 9.64 Å². The molecule has 0 radical (unpaired) electrons. The van der Waals surface area contributed by atoms with Crippen LogP contribution < -0.4 is 4.74 Å². The van der Waals surface area contributed by atoms with Crippen molar-refractivity contribution in [3.8, 4) is 28.0 Å². The molecule has 0 aromatic heterocycles. The Morgan fingerprint density at radius 3 is 1.53 bits per heavy atom. The average molecular weight is 430 g/mol. The lowest BCUT2D eigenvalue weighted by atomic mass is 9.82. The second kappa shape index (κ2) is 9.60. The van der Waals surface area contributed by atoms with Crippen molar-refractivity contribution < 1.29 is 9.53 Å². The molecule has 0 heterocycles. The van der Waals surface area contributed by atoms with Gasteiger partial charge in [0.05, 0.1) is 0 Å². The van der Waals surface area contributed by atoms with Gasteiger partial charge in [-0.05, 0) is 61.9 Å². The standard InChI is InChI=1S/C29H35NO2/c1-8-30(9-2)28(31)32-27-25(22-14-10-20(3)11-15-22)18-24(29(5,6)7)19-26(27)23-16-12-21(4)13-17-23/h10-19H,8-9H2,1-7H3. The van der Waals surface area contributed by atoms with Crippen LogP contribution in [0.3, 0.4) is 0 Å². The van der Waals surface area contributed by atoms with E-state index in [0.29, 0.717) is 18.8 Å². The fourth-order valence-electron chi connectivity index (χ4n) is 3.70. The largest absolute Gasteiger partial charge is 0.415 e. The number of aryl methyl sites for hydroxylation is 2. The topological polar surface area (TPSA) is 29.5 Å². The molecule has 0 saturated carbocycles. The van der Waals surface area contributed by atoms with Crippen molar-refractivity contribution in [2.24, 2.45) is 0 Å². The number of amides is 1. The third-order valence-corrected chi connectivity index (χ3v) is 5.89. The zero-order chi connectivity index (χ0) is 23.5. The molecule has 0 atom stereocenters. The Labute approximate surface area is 193 Å². The van der Waals surface area contributed by atoms with E-state index in [1.54, 1.807) is 4.90 Å². The van der Waals surface area contributed by atoms with Crippen LogP contribution in [0.25, 0.3) is 22.3 Å². The lowest BCUT2D eigenvalue weighted by molar-refractivity contribution is 0.157. The minimum Gasteiger partial charge on any atom is -0.409 e. The van der Waals surface area contributed by atoms with Gasteiger partial charge in [0.25, 0.3) is 0 Å². The monoisotopic (exact) mass is 429 g/mol. The summed E-state index contributed by atoms with van der Waals surface area (Å²) < 4.78 is 6.14. The molecule has 0 aliphatic carbocycles. The summed E-state index contributed by atoms with van der Waals surface area (Å²) in [5, 5.41) is 0. The van der Waals surface area contributed by atoms with Gasteiger partial charge in [0.2, 0.25) is 0 Å². The summed E-state index contributed by atoms with van der Waals surface area (Å²) in [6, 6.07) is 21.1. The Kier molecular flexibility index (Phi) is 7.08. The predicted octanol–water partition coefficient (Wildman–Crippen LogP) is 7.78. The van der Waals surface area contributed by atoms with Crippen molar-refractivity contribution >= 4 is 6.09 Å². The molecule has 168 valence electrons. The summed E-state index contributed by atoms with van der Waals surface area (Å²) in [6.07, 6.45) is -0.319. The molecule has 3 aromatic carbocycles. The van der Waals surface area contributed by atoms with E-state index in [2.05, 4.69) is 95.3 Å². The van der Waals surface area contributed by atoms with E-state index >= 15 is 0 Å². The first-order valence-corrected chi connectivity index (χ1v) is 11.4. The number of carbonyl (C=O) groups is 1. The number of hydrogen-bond acceptors (Lipinski definition) is 2. The molecule has 0 aliphatic heterocycles. The molecular weight excluding hydrogens is 394 g/mol. The molecule has 3 nitrogen and oxygen atoms in total. The van der Waals surface area contributed by atoms with Crippen molar-refractivity contribution in [2.75, 3.05) is 13.1 Å². The van der Waals surface area contributed by atoms with Gasteiger partial charge in [-0.2, -0.15) is 0 Å². The van der Waals surface area contributed by atoms with Crippen molar-refractivity contribution in [1.29, 1.82) is 0 Å². The third kappa shape index (κ3) is 5.21. The molecule has 0 N–H and O–H groups in total. The second-order valence-electron chi connectivity index (χ2n) is 9.42. The van der Waals surface area contributed by atoms with Gasteiger partial charge in [-0.3, -0.25) is 0 Å². The number of rotatable bonds is 5. The SMILES string of the molecule is CCN(CC)C(=O)Oc1c(-c2ccc(C)cc2)cc(C(C)(C)C)cc1-c1ccc(C)cc1. The first kappa shape index (κ1) is 23.6. The average Bonchev–Trinajstić information content (AvgIpc) is 2.75. The molecule has 3 aromatic rings. The lowest BCUT2D eigenvalue weighted by Gasteiger charge is -2.25. The molecule has 3 heteroatoms. The highest BCUT2D eigenvalue weighted by Gasteiger charge is 2.24. The fraction of sp³-hybridized carbons (Fsp3) is 0.345. The van der Waals surface area contributed by atoms with Crippen molar-refractivity contribution in [3.05, 3.63) is 77.4 Å². The van der Waals surface area contributed by atoms with E-state index < -0.39 is 0 Å². The van der Waals surface area contributed by atoms with Crippen molar-refractivity contribution in [1.82, 2.24) is 4.90 Å². The molecule has 0 saturated heterocycles. The van der Waals surface area contributed by atoms with Gasteiger partial charge in [0, 0.05) is 24.2 Å². The van der Waals surface area contributed by atoms with Crippen LogP contribution in [-0.2, 0) is 5.41 Å². The summed E-state index contributed by atoms with van der Waals surface area (Å²) in [5.41, 5.74) is 7.49. The van der Waals surface area contributed by atoms with E-state index in [1.165, 1.54) is 16.7 Å². The Bertz CT molecular complexity index is 1000. The van der Waals surface area contributed by atoms with Crippen LogP contribution in [-0.4, -0.2) is 24.1 Å². The van der Waals surface area contributed by atoms with Crippen LogP contribution >= 0.6 is 0 Å². The third-order valence-electron chi connectivity index (χ3n) is 5.89. The number of benzene rings is 3. The van der Waals surface area contributed by atoms with E-state index in [0.717, 1.165) is 22.3 Å². The van der Waals surface area contributed by atoms with E-state index in [9.17, 15) is 4.79 Å². The molecular formula is C29H35NO2. The van der Waals surface area contributed by atoms with Gasteiger partial charge in [0.15, 0.2) is 0 Å². The minimum absolute atomic E-state index is 0.0553. The van der Waals surface area contributed by atoms with Gasteiger partial charge >= 0.3 is 6.09 Å². The summed E-state index contributed by atoms with van der Waals surface area (Å²) in [5.74, 6) is 0.614. The maximum absolute atomic E-state index is 13.0. The van der Waals surface area contributed by atoms with Crippen LogP contribution in [0.2, 0.25) is 0 Å². The predicted molar refractivity (Wildman–Crippen MR) is 134 cm³/mol. The van der Waals surface area contributed by atoms with Gasteiger partial charge in [-0.15, -0.1) is 0 Å². The van der Waals surface area contributed by atoms with E-state index in [-0.39, 0.29) is 11.5 Å². The normalized spacial score (nSPS) is 11.3. The van der Waals surface area contributed by atoms with Crippen LogP contribution in [0, 0.1) is 13.8 Å². The quantitative estimate of drug-likeness (QED) is 0.414. The Morgan fingerprint density at radius 1 is 0.781 bits per heavy atom. The lowest BCUT2D eigenvalue weighted by Crippen LogP contribution is -2.33. The Morgan fingerprint density at radius 2 is 1.19 bits per heavy atom. The van der Waals surface area contributed by atoms with Crippen LogP contribution in [0.4, 0.5) is 4.79 Å². The number of nitrogens with zero attached hydrogens (tertiary/aromatic N) is 1. The first-order chi connectivity index (χ1) is 15.1. The van der Waals surface area contributed by atoms with Crippen molar-refractivity contribution in [3.63, 3.8) is 0 Å². The molecule has 0 bridgehead atoms. The highest BCUT2D eigenvalue weighted by Crippen LogP contribution is 2.43. The molecule has 0 unspecified atom stereocenters. The van der Waals surface area contributed by atoms with E-state index in [4.69, 9.17) is 4.74 Å². The van der Waals surface area contributed by atoms with Crippen LogP contribution in [0.5, 0.6) is 5.75 Å². The molecule has 0 spiro atoms. The molecule has 32 heavy (non-hydrogen) atoms. The zero-order valence-electron chi connectivity index (χ0n) is 20.5. The summed E-state index contributed by atoms with van der Waals surface area (Å²) >= 11 is 0. The maximum Gasteiger partial charge on any atom is 0.415 e. The van der Waals surface area contributed by atoms with Crippen LogP contribution in [0.1, 0.15) is 51.3 Å². The molecule has 3 rings (SSSR count). The molecule has 0 aliphatic rings. The van der Waals surface area contributed by atoms with Crippen molar-refractivity contribution in [2.45, 2.75) is 53.9 Å². The number of hydrogen-bond donors (Lipinski definition) is 0. The summed E-state index contributed by atoms with van der Waals surface area (Å²) in [6.45, 7) is 15.9. The smallest absolute Gasteiger partial charge is 0.409 e. The first-order valence-electron chi connectivity index (χ1n) is 11.4. The highest BCUT2D eigenvalue weighted by atomic mass is 16.6. The van der Waals surface area contributed by atoms with Gasteiger partial charge in [-0.1, -0.05) is 80.4 Å². The van der Waals surface area contributed by atoms with E-state index in [1.807, 2.05) is 13.8 Å². The maximum atomic E-state index is 13.0. The van der Waals surface area contributed by atoms with Gasteiger partial charge in [0.1, 0.15) is 5.75 Å². The number of ether oxygens (including phenoxy) is 1. The fourth-order valence-corrected chi connectivity index (χ4v) is 3.70. The Hall–Kier alpha value is -3.07. The number of carbonyl (C=O) groups excluding carboxylic acids is 1. The second-order valence-corrected chi connectivity index (χ2v) is 9.42. The molecule has 1 amide bonds. The van der Waals surface area contributed by atoms with Gasteiger partial charge in [-0.25, -0.2) is 4.79 Å².